The number of rotatable bonds is 3. The SMILES string of the molecule is COCc1nc(N2CCNCC2)no1. The Hall–Kier alpha value is -1.14. The Morgan fingerprint density at radius 3 is 3.00 bits per heavy atom. The van der Waals surface area contributed by atoms with Crippen LogP contribution in [0.2, 0.25) is 0 Å². The van der Waals surface area contributed by atoms with Gasteiger partial charge in [0.05, 0.1) is 0 Å². The van der Waals surface area contributed by atoms with E-state index in [-0.39, 0.29) is 0 Å². The molecule has 0 saturated carbocycles. The van der Waals surface area contributed by atoms with Crippen LogP contribution in [0.15, 0.2) is 4.52 Å². The molecule has 0 atom stereocenters. The number of piperazine rings is 1. The Morgan fingerprint density at radius 1 is 1.50 bits per heavy atom. The van der Waals surface area contributed by atoms with E-state index in [9.17, 15) is 0 Å². The molecule has 1 aliphatic rings. The van der Waals surface area contributed by atoms with Crippen molar-refractivity contribution < 1.29 is 9.26 Å². The van der Waals surface area contributed by atoms with Crippen molar-refractivity contribution in [1.29, 1.82) is 0 Å². The molecule has 0 aliphatic carbocycles. The van der Waals surface area contributed by atoms with Gasteiger partial charge in [-0.15, -0.1) is 0 Å². The Bertz CT molecular complexity index is 283. The van der Waals surface area contributed by atoms with Gasteiger partial charge in [-0.1, -0.05) is 0 Å². The van der Waals surface area contributed by atoms with E-state index in [0.717, 1.165) is 26.2 Å². The van der Waals surface area contributed by atoms with Gasteiger partial charge in [-0.3, -0.25) is 0 Å². The summed E-state index contributed by atoms with van der Waals surface area (Å²) in [5, 5.41) is 7.15. The topological polar surface area (TPSA) is 63.4 Å². The summed E-state index contributed by atoms with van der Waals surface area (Å²) in [6.07, 6.45) is 0. The third-order valence-corrected chi connectivity index (χ3v) is 2.13. The average Bonchev–Trinajstić information content (AvgIpc) is 2.68. The van der Waals surface area contributed by atoms with Gasteiger partial charge in [-0.2, -0.15) is 4.98 Å². The lowest BCUT2D eigenvalue weighted by Gasteiger charge is -2.25. The van der Waals surface area contributed by atoms with Crippen molar-refractivity contribution in [2.75, 3.05) is 38.2 Å². The molecule has 78 valence electrons. The highest BCUT2D eigenvalue weighted by Crippen LogP contribution is 2.09. The number of hydrogen-bond donors (Lipinski definition) is 1. The molecule has 1 N–H and O–H groups in total. The summed E-state index contributed by atoms with van der Waals surface area (Å²) in [4.78, 5) is 6.32. The first kappa shape index (κ1) is 9.42. The van der Waals surface area contributed by atoms with Crippen molar-refractivity contribution in [1.82, 2.24) is 15.5 Å². The standard InChI is InChI=1S/C8H14N4O2/c1-13-6-7-10-8(11-14-7)12-4-2-9-3-5-12/h9H,2-6H2,1H3. The monoisotopic (exact) mass is 198 g/mol. The molecule has 0 bridgehead atoms. The van der Waals surface area contributed by atoms with Gasteiger partial charge in [0.2, 0.25) is 0 Å². The molecule has 1 aromatic rings. The molecular formula is C8H14N4O2. The molecule has 0 aromatic carbocycles. The quantitative estimate of drug-likeness (QED) is 0.714. The zero-order valence-corrected chi connectivity index (χ0v) is 8.19. The number of aromatic nitrogens is 2. The first-order valence-corrected chi connectivity index (χ1v) is 4.67. The molecule has 0 unspecified atom stereocenters. The highest BCUT2D eigenvalue weighted by molar-refractivity contribution is 5.28. The average molecular weight is 198 g/mol. The fraction of sp³-hybridized carbons (Fsp3) is 0.750. The Kier molecular flexibility index (Phi) is 2.95. The van der Waals surface area contributed by atoms with Crippen LogP contribution in [0.25, 0.3) is 0 Å². The van der Waals surface area contributed by atoms with E-state index in [4.69, 9.17) is 9.26 Å². The molecular weight excluding hydrogens is 184 g/mol. The maximum atomic E-state index is 5.01. The van der Waals surface area contributed by atoms with Crippen LogP contribution in [0, 0.1) is 0 Å². The maximum absolute atomic E-state index is 5.01. The molecule has 1 aromatic heterocycles. The first-order chi connectivity index (χ1) is 6.90. The van der Waals surface area contributed by atoms with E-state index in [0.29, 0.717) is 18.4 Å². The zero-order valence-electron chi connectivity index (χ0n) is 8.19. The summed E-state index contributed by atoms with van der Waals surface area (Å²) >= 11 is 0. The highest BCUT2D eigenvalue weighted by Gasteiger charge is 2.15. The van der Waals surface area contributed by atoms with E-state index in [1.807, 2.05) is 0 Å². The van der Waals surface area contributed by atoms with Gasteiger partial charge >= 0.3 is 0 Å². The number of nitrogens with zero attached hydrogens (tertiary/aromatic N) is 3. The molecule has 1 saturated heterocycles. The Balaban J connectivity index is 2.00. The zero-order chi connectivity index (χ0) is 9.80. The fourth-order valence-corrected chi connectivity index (χ4v) is 1.42. The summed E-state index contributed by atoms with van der Waals surface area (Å²) in [7, 11) is 1.61. The minimum Gasteiger partial charge on any atom is -0.375 e. The van der Waals surface area contributed by atoms with Crippen LogP contribution in [0.4, 0.5) is 5.95 Å². The molecule has 1 fully saturated rings. The summed E-state index contributed by atoms with van der Waals surface area (Å²) in [5.74, 6) is 1.19. The lowest BCUT2D eigenvalue weighted by atomic mass is 10.4. The second-order valence-corrected chi connectivity index (χ2v) is 3.16. The third-order valence-electron chi connectivity index (χ3n) is 2.13. The van der Waals surface area contributed by atoms with Crippen molar-refractivity contribution in [3.63, 3.8) is 0 Å². The Labute approximate surface area is 82.2 Å². The molecule has 0 radical (unpaired) electrons. The van der Waals surface area contributed by atoms with E-state index in [2.05, 4.69) is 20.4 Å². The predicted molar refractivity (Wildman–Crippen MR) is 50.1 cm³/mol. The fourth-order valence-electron chi connectivity index (χ4n) is 1.42. The van der Waals surface area contributed by atoms with Crippen molar-refractivity contribution in [2.24, 2.45) is 0 Å². The van der Waals surface area contributed by atoms with E-state index in [1.165, 1.54) is 0 Å². The van der Waals surface area contributed by atoms with Crippen LogP contribution < -0.4 is 10.2 Å². The van der Waals surface area contributed by atoms with Gasteiger partial charge in [0, 0.05) is 33.3 Å². The van der Waals surface area contributed by atoms with Crippen molar-refractivity contribution in [3.8, 4) is 0 Å². The molecule has 2 rings (SSSR count). The molecule has 0 spiro atoms. The molecule has 6 nitrogen and oxygen atoms in total. The normalized spacial score (nSPS) is 17.4. The van der Waals surface area contributed by atoms with Gasteiger partial charge in [-0.05, 0) is 5.16 Å². The lowest BCUT2D eigenvalue weighted by Crippen LogP contribution is -2.44. The molecule has 14 heavy (non-hydrogen) atoms. The second-order valence-electron chi connectivity index (χ2n) is 3.16. The minimum atomic E-state index is 0.374. The van der Waals surface area contributed by atoms with Gasteiger partial charge in [0.15, 0.2) is 0 Å². The summed E-state index contributed by atoms with van der Waals surface area (Å²) in [6, 6.07) is 0. The smallest absolute Gasteiger partial charge is 0.266 e. The molecule has 2 heterocycles. The predicted octanol–water partition coefficient (Wildman–Crippen LogP) is -0.374. The van der Waals surface area contributed by atoms with E-state index < -0.39 is 0 Å². The van der Waals surface area contributed by atoms with Crippen LogP contribution in [-0.2, 0) is 11.3 Å². The number of ether oxygens (including phenoxy) is 1. The number of methoxy groups -OCH3 is 1. The highest BCUT2D eigenvalue weighted by atomic mass is 16.5. The minimum absolute atomic E-state index is 0.374. The maximum Gasteiger partial charge on any atom is 0.266 e. The number of nitrogens with one attached hydrogen (secondary N) is 1. The molecule has 1 aliphatic heterocycles. The number of hydrogen-bond acceptors (Lipinski definition) is 6. The lowest BCUT2D eigenvalue weighted by molar-refractivity contribution is 0.151. The van der Waals surface area contributed by atoms with Gasteiger partial charge in [-0.25, -0.2) is 0 Å². The van der Waals surface area contributed by atoms with Gasteiger partial charge in [0.25, 0.3) is 11.8 Å². The Morgan fingerprint density at radius 2 is 2.29 bits per heavy atom. The van der Waals surface area contributed by atoms with Crippen LogP contribution in [-0.4, -0.2) is 43.4 Å². The van der Waals surface area contributed by atoms with Gasteiger partial charge in [0.1, 0.15) is 6.61 Å². The van der Waals surface area contributed by atoms with E-state index >= 15 is 0 Å². The molecule has 6 heteroatoms. The summed E-state index contributed by atoms with van der Waals surface area (Å²) in [5.41, 5.74) is 0. The van der Waals surface area contributed by atoms with Crippen LogP contribution >= 0.6 is 0 Å². The third kappa shape index (κ3) is 2.02. The van der Waals surface area contributed by atoms with Crippen LogP contribution in [0.1, 0.15) is 5.89 Å². The van der Waals surface area contributed by atoms with Crippen LogP contribution in [0.5, 0.6) is 0 Å². The van der Waals surface area contributed by atoms with Crippen molar-refractivity contribution in [3.05, 3.63) is 5.89 Å². The largest absolute Gasteiger partial charge is 0.375 e. The van der Waals surface area contributed by atoms with Crippen molar-refractivity contribution >= 4 is 5.95 Å². The number of anilines is 1. The first-order valence-electron chi connectivity index (χ1n) is 4.67. The van der Waals surface area contributed by atoms with E-state index in [1.54, 1.807) is 7.11 Å². The summed E-state index contributed by atoms with van der Waals surface area (Å²) < 4.78 is 9.91. The molecule has 0 amide bonds. The van der Waals surface area contributed by atoms with Gasteiger partial charge < -0.3 is 19.5 Å². The second kappa shape index (κ2) is 4.39. The summed E-state index contributed by atoms with van der Waals surface area (Å²) in [6.45, 7) is 4.15. The van der Waals surface area contributed by atoms with Crippen molar-refractivity contribution in [2.45, 2.75) is 6.61 Å². The van der Waals surface area contributed by atoms with Crippen LogP contribution in [0.3, 0.4) is 0 Å².